The summed E-state index contributed by atoms with van der Waals surface area (Å²) >= 11 is 0. The van der Waals surface area contributed by atoms with Gasteiger partial charge in [0.25, 0.3) is 5.91 Å². The van der Waals surface area contributed by atoms with E-state index in [9.17, 15) is 18.0 Å². The average Bonchev–Trinajstić information content (AvgIpc) is 2.96. The summed E-state index contributed by atoms with van der Waals surface area (Å²) in [6.45, 7) is 3.47. The van der Waals surface area contributed by atoms with Crippen molar-refractivity contribution in [1.29, 1.82) is 0 Å². The molecule has 1 amide bonds. The molecule has 134 valence electrons. The fraction of sp³-hybridized carbons (Fsp3) is 0.438. The molecule has 2 atom stereocenters. The Morgan fingerprint density at radius 3 is 2.92 bits per heavy atom. The van der Waals surface area contributed by atoms with Crippen molar-refractivity contribution in [3.63, 3.8) is 0 Å². The minimum Gasteiger partial charge on any atom is -0.369 e. The lowest BCUT2D eigenvalue weighted by atomic mass is 9.99. The monoisotopic (exact) mass is 354 g/mol. The molecule has 0 radical (unpaired) electrons. The van der Waals surface area contributed by atoms with E-state index in [1.54, 1.807) is 0 Å². The van der Waals surface area contributed by atoms with Crippen LogP contribution in [0.15, 0.2) is 18.5 Å². The SMILES string of the molecule is C[C@@H]1Cc2c(C(=O)NCc3ccncc3C(F)(F)F)n[nH]c2[C@H](C)O1. The molecule has 0 unspecified atom stereocenters. The third kappa shape index (κ3) is 3.51. The maximum atomic E-state index is 13.0. The van der Waals surface area contributed by atoms with Gasteiger partial charge in [-0.05, 0) is 25.5 Å². The Kier molecular flexibility index (Phi) is 4.51. The van der Waals surface area contributed by atoms with E-state index in [0.29, 0.717) is 6.42 Å². The quantitative estimate of drug-likeness (QED) is 0.888. The van der Waals surface area contributed by atoms with Gasteiger partial charge in [0.2, 0.25) is 0 Å². The second-order valence-electron chi connectivity index (χ2n) is 5.97. The van der Waals surface area contributed by atoms with Gasteiger partial charge in [0, 0.05) is 30.9 Å². The van der Waals surface area contributed by atoms with Crippen molar-refractivity contribution >= 4 is 5.91 Å². The van der Waals surface area contributed by atoms with Crippen LogP contribution in [0.3, 0.4) is 0 Å². The Bertz CT molecular complexity index is 788. The summed E-state index contributed by atoms with van der Waals surface area (Å²) in [5, 5.41) is 9.30. The Hall–Kier alpha value is -2.42. The molecule has 2 aromatic heterocycles. The van der Waals surface area contributed by atoms with Gasteiger partial charge in [-0.25, -0.2) is 0 Å². The normalized spacial score (nSPS) is 20.2. The van der Waals surface area contributed by atoms with E-state index in [2.05, 4.69) is 20.5 Å². The summed E-state index contributed by atoms with van der Waals surface area (Å²) in [4.78, 5) is 15.9. The van der Waals surface area contributed by atoms with Crippen LogP contribution in [0, 0.1) is 0 Å². The molecule has 1 aliphatic heterocycles. The maximum absolute atomic E-state index is 13.0. The molecule has 0 spiro atoms. The number of alkyl halides is 3. The van der Waals surface area contributed by atoms with Crippen LogP contribution in [0.25, 0.3) is 0 Å². The number of pyridine rings is 1. The van der Waals surface area contributed by atoms with Crippen LogP contribution < -0.4 is 5.32 Å². The third-order valence-corrected chi connectivity index (χ3v) is 4.10. The van der Waals surface area contributed by atoms with Crippen molar-refractivity contribution < 1.29 is 22.7 Å². The number of ether oxygens (including phenoxy) is 1. The summed E-state index contributed by atoms with van der Waals surface area (Å²) in [5.74, 6) is -0.524. The van der Waals surface area contributed by atoms with Crippen LogP contribution in [0.2, 0.25) is 0 Å². The van der Waals surface area contributed by atoms with E-state index in [1.165, 1.54) is 12.3 Å². The highest BCUT2D eigenvalue weighted by Crippen LogP contribution is 2.32. The van der Waals surface area contributed by atoms with Crippen molar-refractivity contribution in [3.8, 4) is 0 Å². The number of halogens is 3. The third-order valence-electron chi connectivity index (χ3n) is 4.10. The standard InChI is InChI=1S/C16H17F3N4O2/c1-8-5-11-13(9(2)25-8)22-23-14(11)15(24)21-6-10-3-4-20-7-12(10)16(17,18)19/h3-4,7-9H,5-6H2,1-2H3,(H,21,24)(H,22,23)/t8-,9+/m1/s1. The van der Waals surface area contributed by atoms with E-state index >= 15 is 0 Å². The van der Waals surface area contributed by atoms with Crippen molar-refractivity contribution in [2.24, 2.45) is 0 Å². The summed E-state index contributed by atoms with van der Waals surface area (Å²) < 4.78 is 44.6. The highest BCUT2D eigenvalue weighted by Gasteiger charge is 2.34. The topological polar surface area (TPSA) is 79.9 Å². The van der Waals surface area contributed by atoms with Crippen LogP contribution in [0.1, 0.15) is 52.8 Å². The van der Waals surface area contributed by atoms with Gasteiger partial charge >= 0.3 is 6.18 Å². The number of amides is 1. The fourth-order valence-corrected chi connectivity index (χ4v) is 2.95. The van der Waals surface area contributed by atoms with Crippen LogP contribution in [-0.4, -0.2) is 27.2 Å². The molecule has 0 bridgehead atoms. The zero-order valence-corrected chi connectivity index (χ0v) is 13.6. The highest BCUT2D eigenvalue weighted by molar-refractivity contribution is 5.94. The second-order valence-corrected chi connectivity index (χ2v) is 5.97. The molecule has 0 saturated heterocycles. The van der Waals surface area contributed by atoms with Gasteiger partial charge in [0.15, 0.2) is 5.69 Å². The first-order valence-corrected chi connectivity index (χ1v) is 7.78. The first-order valence-electron chi connectivity index (χ1n) is 7.78. The number of nitrogens with zero attached hydrogens (tertiary/aromatic N) is 2. The molecule has 0 aliphatic carbocycles. The molecule has 9 heteroatoms. The number of carbonyl (C=O) groups excluding carboxylic acids is 1. The number of aromatic nitrogens is 3. The molecule has 6 nitrogen and oxygen atoms in total. The van der Waals surface area contributed by atoms with Gasteiger partial charge in [-0.15, -0.1) is 0 Å². The van der Waals surface area contributed by atoms with Crippen molar-refractivity contribution in [2.45, 2.75) is 45.2 Å². The summed E-state index contributed by atoms with van der Waals surface area (Å²) in [7, 11) is 0. The number of nitrogens with one attached hydrogen (secondary N) is 2. The molecule has 2 aromatic rings. The Labute approximate surface area is 141 Å². The van der Waals surface area contributed by atoms with E-state index in [0.717, 1.165) is 17.5 Å². The lowest BCUT2D eigenvalue weighted by Crippen LogP contribution is -2.28. The zero-order chi connectivity index (χ0) is 18.2. The van der Waals surface area contributed by atoms with Crippen LogP contribution in [0.5, 0.6) is 0 Å². The van der Waals surface area contributed by atoms with Crippen LogP contribution in [0.4, 0.5) is 13.2 Å². The molecule has 2 N–H and O–H groups in total. The first kappa shape index (κ1) is 17.4. The maximum Gasteiger partial charge on any atom is 0.418 e. The molecule has 0 saturated carbocycles. The van der Waals surface area contributed by atoms with Gasteiger partial charge in [-0.1, -0.05) is 0 Å². The van der Waals surface area contributed by atoms with E-state index in [-0.39, 0.29) is 30.0 Å². The molecule has 3 heterocycles. The number of H-pyrrole nitrogens is 1. The van der Waals surface area contributed by atoms with E-state index < -0.39 is 17.6 Å². The molecule has 25 heavy (non-hydrogen) atoms. The molecular formula is C16H17F3N4O2. The minimum absolute atomic E-state index is 0.0506. The minimum atomic E-state index is -4.53. The predicted octanol–water partition coefficient (Wildman–Crippen LogP) is 2.78. The van der Waals surface area contributed by atoms with E-state index in [1.807, 2.05) is 13.8 Å². The van der Waals surface area contributed by atoms with Gasteiger partial charge in [-0.2, -0.15) is 18.3 Å². The lowest BCUT2D eigenvalue weighted by Gasteiger charge is -2.25. The number of aromatic amines is 1. The largest absolute Gasteiger partial charge is 0.418 e. The average molecular weight is 354 g/mol. The van der Waals surface area contributed by atoms with Crippen molar-refractivity contribution in [3.05, 3.63) is 46.5 Å². The van der Waals surface area contributed by atoms with Crippen LogP contribution in [-0.2, 0) is 23.9 Å². The summed E-state index contributed by atoms with van der Waals surface area (Å²) in [5.41, 5.74) is 0.748. The number of carbonyl (C=O) groups is 1. The number of rotatable bonds is 3. The van der Waals surface area contributed by atoms with Gasteiger partial charge in [-0.3, -0.25) is 14.9 Å². The molecule has 0 fully saturated rings. The summed E-state index contributed by atoms with van der Waals surface area (Å²) in [6, 6.07) is 1.24. The second kappa shape index (κ2) is 6.47. The first-order chi connectivity index (χ1) is 11.8. The van der Waals surface area contributed by atoms with E-state index in [4.69, 9.17) is 4.74 Å². The lowest BCUT2D eigenvalue weighted by molar-refractivity contribution is -0.138. The predicted molar refractivity (Wildman–Crippen MR) is 81.7 cm³/mol. The Morgan fingerprint density at radius 1 is 1.44 bits per heavy atom. The van der Waals surface area contributed by atoms with Gasteiger partial charge in [0.05, 0.1) is 23.5 Å². The number of hydrogen-bond acceptors (Lipinski definition) is 4. The van der Waals surface area contributed by atoms with Gasteiger partial charge < -0.3 is 10.1 Å². The van der Waals surface area contributed by atoms with Gasteiger partial charge in [0.1, 0.15) is 0 Å². The molecule has 1 aliphatic rings. The molecular weight excluding hydrogens is 337 g/mol. The smallest absolute Gasteiger partial charge is 0.369 e. The zero-order valence-electron chi connectivity index (χ0n) is 13.6. The van der Waals surface area contributed by atoms with Crippen molar-refractivity contribution in [1.82, 2.24) is 20.5 Å². The van der Waals surface area contributed by atoms with Crippen LogP contribution >= 0.6 is 0 Å². The highest BCUT2D eigenvalue weighted by atomic mass is 19.4. The molecule has 0 aromatic carbocycles. The Morgan fingerprint density at radius 2 is 2.20 bits per heavy atom. The Balaban J connectivity index is 1.77. The molecule has 3 rings (SSSR count). The number of hydrogen-bond donors (Lipinski definition) is 2. The summed E-state index contributed by atoms with van der Waals surface area (Å²) in [6.07, 6.45) is -2.29. The fourth-order valence-electron chi connectivity index (χ4n) is 2.95. The van der Waals surface area contributed by atoms with Crippen molar-refractivity contribution in [2.75, 3.05) is 0 Å². The number of fused-ring (bicyclic) bond motifs is 1.